The normalized spacial score (nSPS) is 12.4. The monoisotopic (exact) mass is 1460 g/mol. The smallest absolute Gasteiger partial charge is 0.379 e. The number of halogens is 8. The lowest BCUT2D eigenvalue weighted by atomic mass is 10.2. The van der Waals surface area contributed by atoms with Crippen molar-refractivity contribution in [1.29, 1.82) is 0 Å². The van der Waals surface area contributed by atoms with Gasteiger partial charge in [-0.25, -0.2) is 9.47 Å². The highest BCUT2D eigenvalue weighted by Crippen LogP contribution is 2.43. The number of nitrogens with one attached hydrogen (secondary N) is 2. The van der Waals surface area contributed by atoms with Crippen LogP contribution in [0.1, 0.15) is 46.0 Å². The maximum absolute atomic E-state index is 14.2. The van der Waals surface area contributed by atoms with E-state index in [0.29, 0.717) is 205 Å². The van der Waals surface area contributed by atoms with Crippen molar-refractivity contribution in [2.24, 2.45) is 0 Å². The Hall–Kier alpha value is -2.49. The second kappa shape index (κ2) is 69.2. The zero-order valence-electron chi connectivity index (χ0n) is 56.6. The summed E-state index contributed by atoms with van der Waals surface area (Å²) in [5.74, 6) is -5.04. The van der Waals surface area contributed by atoms with Gasteiger partial charge in [0.2, 0.25) is 5.78 Å². The van der Waals surface area contributed by atoms with Gasteiger partial charge in [-0.1, -0.05) is 26.1 Å². The Labute approximate surface area is 570 Å². The summed E-state index contributed by atoms with van der Waals surface area (Å²) in [5.41, 5.74) is 0. The number of hydrogen-bond donors (Lipinski definition) is 2. The summed E-state index contributed by atoms with van der Waals surface area (Å²) in [5, 5.41) is 4.56. The first kappa shape index (κ1) is 94.5. The second-order valence-corrected chi connectivity index (χ2v) is 20.1. The van der Waals surface area contributed by atoms with Gasteiger partial charge in [-0.2, -0.15) is 35.1 Å². The van der Waals surface area contributed by atoms with Crippen LogP contribution in [0.25, 0.3) is 0 Å². The highest BCUT2D eigenvalue weighted by molar-refractivity contribution is 7.80. The lowest BCUT2D eigenvalue weighted by Gasteiger charge is -2.30. The van der Waals surface area contributed by atoms with Crippen molar-refractivity contribution < 1.29 is 158 Å². The summed E-state index contributed by atoms with van der Waals surface area (Å²) in [7, 11) is 0. The molecule has 0 spiro atoms. The van der Waals surface area contributed by atoms with Gasteiger partial charge in [0.15, 0.2) is 0 Å². The number of rotatable bonds is 81. The molecule has 0 fully saturated rings. The van der Waals surface area contributed by atoms with Gasteiger partial charge in [-0.3, -0.25) is 9.59 Å². The largest absolute Gasteiger partial charge is 0.453 e. The van der Waals surface area contributed by atoms with Crippen LogP contribution in [0.15, 0.2) is 0 Å². The van der Waals surface area contributed by atoms with E-state index in [4.69, 9.17) is 116 Å². The minimum Gasteiger partial charge on any atom is -0.379 e. The summed E-state index contributed by atoms with van der Waals surface area (Å²) in [6.45, 7) is 18.3. The van der Waals surface area contributed by atoms with E-state index >= 15 is 0 Å². The quantitative estimate of drug-likeness (QED) is 0.0486. The Balaban J connectivity index is 3.69. The van der Waals surface area contributed by atoms with Gasteiger partial charge in [0.25, 0.3) is 0 Å². The van der Waals surface area contributed by atoms with Crippen LogP contribution in [0.3, 0.4) is 0 Å². The fourth-order valence-electron chi connectivity index (χ4n) is 6.69. The zero-order valence-corrected chi connectivity index (χ0v) is 57.4. The van der Waals surface area contributed by atoms with Crippen LogP contribution in [0.5, 0.6) is 0 Å². The number of ether oxygens (including phenoxy) is 24. The van der Waals surface area contributed by atoms with E-state index < -0.39 is 62.1 Å². The molecule has 37 heteroatoms. The van der Waals surface area contributed by atoms with Crippen molar-refractivity contribution in [2.75, 3.05) is 304 Å². The predicted molar refractivity (Wildman–Crippen MR) is 333 cm³/mol. The van der Waals surface area contributed by atoms with Gasteiger partial charge in [0, 0.05) is 32.7 Å². The molecular weight excluding hydrogens is 1350 g/mol. The summed E-state index contributed by atoms with van der Waals surface area (Å²) >= 11 is 5.17. The minimum absolute atomic E-state index is 0.00723. The molecule has 0 saturated carbocycles. The van der Waals surface area contributed by atoms with Crippen molar-refractivity contribution in [3.63, 3.8) is 0 Å². The molecule has 578 valence electrons. The lowest BCUT2D eigenvalue weighted by Crippen LogP contribution is -2.56. The van der Waals surface area contributed by atoms with E-state index in [2.05, 4.69) is 28.6 Å². The molecule has 0 heterocycles. The number of carbonyl (C=O) groups excluding carboxylic acids is 2. The van der Waals surface area contributed by atoms with E-state index in [0.717, 1.165) is 30.9 Å². The van der Waals surface area contributed by atoms with Crippen LogP contribution in [-0.2, 0) is 123 Å². The Morgan fingerprint density at radius 2 is 0.474 bits per heavy atom. The molecule has 0 saturated heterocycles. The van der Waals surface area contributed by atoms with Crippen molar-refractivity contribution >= 4 is 28.9 Å². The standard InChI is InChI=1S/C60H110F8N2O26S/c1-3-6-55(97)69-8-12-75-16-20-79-24-28-83-32-36-87-40-44-91-48-52-94-53-49-92-45-41-88-37-33-84-29-25-80-21-17-76-13-9-70-56(72)58(63,64)96-60(67,68)59(65,66)95-57(61,62)54(71)7-5-11-74-15-19-78-23-27-82-31-35-86-39-43-90-47-51-93-50-46-89-42-38-85-34-30-81-26-22-77-18-14-73-10-4-2/h3-53H2,1-2H3,(H,69,97)(H,70,72). The van der Waals surface area contributed by atoms with Gasteiger partial charge >= 0.3 is 30.3 Å². The molecule has 0 rings (SSSR count). The Morgan fingerprint density at radius 1 is 0.268 bits per heavy atom. The molecule has 0 aromatic heterocycles. The van der Waals surface area contributed by atoms with Crippen LogP contribution in [0.2, 0.25) is 0 Å². The number of amides is 1. The third-order valence-electron chi connectivity index (χ3n) is 11.5. The Morgan fingerprint density at radius 3 is 0.711 bits per heavy atom. The van der Waals surface area contributed by atoms with Crippen molar-refractivity contribution in [2.45, 2.75) is 70.4 Å². The van der Waals surface area contributed by atoms with Crippen LogP contribution in [0, 0.1) is 0 Å². The highest BCUT2D eigenvalue weighted by Gasteiger charge is 2.69. The molecule has 0 unspecified atom stereocenters. The van der Waals surface area contributed by atoms with Crippen LogP contribution in [-0.4, -0.2) is 345 Å². The molecule has 0 aromatic rings. The van der Waals surface area contributed by atoms with E-state index in [1.165, 1.54) is 5.32 Å². The molecular formula is C60H110F8N2O26S. The first-order valence-corrected chi connectivity index (χ1v) is 33.1. The third kappa shape index (κ3) is 64.1. The van der Waals surface area contributed by atoms with Gasteiger partial charge in [0.1, 0.15) is 0 Å². The SMILES string of the molecule is CCCOCCOCCOCCOCCOCCOCCOCCOCCOCCOCCOCCCC(=O)C(F)(F)OC(F)(F)C(F)(F)OC(F)(F)C(=O)NCCOCCOCCOCCOCCOCCOCCOCCOCCOCCOCCOCCNC(=S)CCC. The number of Topliss-reactive ketones (excluding diaryl/α,β-unsaturated/α-hetero) is 1. The van der Waals surface area contributed by atoms with E-state index in [9.17, 15) is 44.7 Å². The number of alkyl halides is 8. The van der Waals surface area contributed by atoms with Gasteiger partial charge in [-0.05, 0) is 25.7 Å². The molecule has 0 aliphatic heterocycles. The van der Waals surface area contributed by atoms with Crippen LogP contribution in [0.4, 0.5) is 35.1 Å². The van der Waals surface area contributed by atoms with Crippen molar-refractivity contribution in [3.8, 4) is 0 Å². The molecule has 0 atom stereocenters. The number of hydrogen-bond acceptors (Lipinski definition) is 27. The summed E-state index contributed by atoms with van der Waals surface area (Å²) in [6, 6.07) is 0. The summed E-state index contributed by atoms with van der Waals surface area (Å²) in [6.07, 6.45) is -23.2. The molecule has 0 aliphatic rings. The van der Waals surface area contributed by atoms with E-state index in [1.807, 2.05) is 0 Å². The molecule has 1 amide bonds. The number of carbonyl (C=O) groups is 2. The summed E-state index contributed by atoms with van der Waals surface area (Å²) < 4.78 is 237. The molecule has 0 aromatic carbocycles. The fourth-order valence-corrected chi connectivity index (χ4v) is 6.99. The number of thiocarbonyl (C=S) groups is 1. The Bertz CT molecular complexity index is 1750. The van der Waals surface area contributed by atoms with Gasteiger partial charge in [-0.15, -0.1) is 0 Å². The zero-order chi connectivity index (χ0) is 71.2. The second-order valence-electron chi connectivity index (χ2n) is 19.6. The average Bonchev–Trinajstić information content (AvgIpc) is 0.785. The van der Waals surface area contributed by atoms with Crippen molar-refractivity contribution in [3.05, 3.63) is 0 Å². The van der Waals surface area contributed by atoms with E-state index in [-0.39, 0.29) is 79.3 Å². The average molecular weight is 1460 g/mol. The first-order chi connectivity index (χ1) is 47.0. The minimum atomic E-state index is -6.54. The molecule has 0 bridgehead atoms. The molecule has 0 aliphatic carbocycles. The van der Waals surface area contributed by atoms with Gasteiger partial charge < -0.3 is 115 Å². The maximum atomic E-state index is 14.2. The third-order valence-corrected chi connectivity index (χ3v) is 11.8. The maximum Gasteiger partial charge on any atom is 0.453 e. The van der Waals surface area contributed by atoms with Crippen LogP contribution >= 0.6 is 12.2 Å². The summed E-state index contributed by atoms with van der Waals surface area (Å²) in [4.78, 5) is 24.5. The fraction of sp³-hybridized carbons (Fsp3) is 0.950. The topological polar surface area (TPSA) is 280 Å². The molecule has 2 N–H and O–H groups in total. The highest BCUT2D eigenvalue weighted by atomic mass is 32.1. The number of ketones is 1. The molecule has 0 radical (unpaired) electrons. The first-order valence-electron chi connectivity index (χ1n) is 32.7. The van der Waals surface area contributed by atoms with Gasteiger partial charge in [0.05, 0.1) is 282 Å². The predicted octanol–water partition coefficient (Wildman–Crippen LogP) is 4.35. The van der Waals surface area contributed by atoms with Crippen molar-refractivity contribution in [1.82, 2.24) is 10.6 Å². The van der Waals surface area contributed by atoms with E-state index in [1.54, 1.807) is 0 Å². The molecule has 97 heavy (non-hydrogen) atoms. The lowest BCUT2D eigenvalue weighted by molar-refractivity contribution is -0.499. The molecule has 28 nitrogen and oxygen atoms in total. The Kier molecular flexibility index (Phi) is 67.5. The van der Waals surface area contributed by atoms with Crippen LogP contribution < -0.4 is 10.6 Å².